The Kier molecular flexibility index (Phi) is 4.10. The smallest absolute Gasteiger partial charge is 0.146 e. The van der Waals surface area contributed by atoms with E-state index in [-0.39, 0.29) is 0 Å². The molecular weight excluding hydrogens is 284 g/mol. The zero-order valence-corrected chi connectivity index (χ0v) is 13.9. The number of anilines is 1. The fraction of sp³-hybridized carbons (Fsp3) is 0.600. The quantitative estimate of drug-likeness (QED) is 0.941. The molecular formula is C15H22N4OS. The molecule has 0 amide bonds. The molecule has 3 rings (SSSR count). The van der Waals surface area contributed by atoms with Gasteiger partial charge in [0, 0.05) is 24.6 Å². The first-order chi connectivity index (χ1) is 10.1. The third kappa shape index (κ3) is 2.75. The summed E-state index contributed by atoms with van der Waals surface area (Å²) in [5.74, 6) is 1.82. The fourth-order valence-corrected chi connectivity index (χ4v) is 3.82. The standard InChI is InChI=1S/C15H22N4OS/c1-9-10(2)21-15-13(9)14(16-3)17-12(18-15)7-19(4)11-5-6-20-8-11/h11H,5-8H2,1-4H3,(H,16,17,18). The second-order valence-electron chi connectivity index (χ2n) is 5.63. The number of aromatic nitrogens is 2. The van der Waals surface area contributed by atoms with Crippen LogP contribution in [0.4, 0.5) is 5.82 Å². The Bertz CT molecular complexity index is 649. The van der Waals surface area contributed by atoms with E-state index in [1.807, 2.05) is 7.05 Å². The average molecular weight is 306 g/mol. The number of ether oxygens (including phenoxy) is 1. The largest absolute Gasteiger partial charge is 0.380 e. The number of thiophene rings is 1. The van der Waals surface area contributed by atoms with Gasteiger partial charge in [-0.3, -0.25) is 4.90 Å². The van der Waals surface area contributed by atoms with Crippen LogP contribution in [0.2, 0.25) is 0 Å². The molecule has 0 bridgehead atoms. The SMILES string of the molecule is CNc1nc(CN(C)C2CCOC2)nc2sc(C)c(C)c12. The van der Waals surface area contributed by atoms with Crippen LogP contribution in [0, 0.1) is 13.8 Å². The van der Waals surface area contributed by atoms with Crippen molar-refractivity contribution < 1.29 is 4.74 Å². The van der Waals surface area contributed by atoms with Crippen LogP contribution in [0.25, 0.3) is 10.2 Å². The van der Waals surface area contributed by atoms with Crippen LogP contribution >= 0.6 is 11.3 Å². The highest BCUT2D eigenvalue weighted by Crippen LogP contribution is 2.33. The topological polar surface area (TPSA) is 50.3 Å². The van der Waals surface area contributed by atoms with E-state index < -0.39 is 0 Å². The van der Waals surface area contributed by atoms with Crippen molar-refractivity contribution in [2.75, 3.05) is 32.6 Å². The molecule has 2 aromatic heterocycles. The van der Waals surface area contributed by atoms with Crippen LogP contribution in [-0.2, 0) is 11.3 Å². The van der Waals surface area contributed by atoms with Gasteiger partial charge >= 0.3 is 0 Å². The van der Waals surface area contributed by atoms with Crippen molar-refractivity contribution >= 4 is 27.4 Å². The number of hydrogen-bond donors (Lipinski definition) is 1. The lowest BCUT2D eigenvalue weighted by Crippen LogP contribution is -2.32. The number of fused-ring (bicyclic) bond motifs is 1. The van der Waals surface area contributed by atoms with Crippen molar-refractivity contribution in [3.8, 4) is 0 Å². The minimum absolute atomic E-state index is 0.481. The van der Waals surface area contributed by atoms with E-state index >= 15 is 0 Å². The van der Waals surface area contributed by atoms with Gasteiger partial charge in [-0.15, -0.1) is 11.3 Å². The lowest BCUT2D eigenvalue weighted by Gasteiger charge is -2.22. The van der Waals surface area contributed by atoms with E-state index in [0.717, 1.165) is 48.0 Å². The summed E-state index contributed by atoms with van der Waals surface area (Å²) >= 11 is 1.75. The average Bonchev–Trinajstić information content (AvgIpc) is 3.08. The normalized spacial score (nSPS) is 18.8. The fourth-order valence-electron chi connectivity index (χ4n) is 2.77. The molecule has 0 aliphatic carbocycles. The molecule has 1 atom stereocenters. The minimum Gasteiger partial charge on any atom is -0.380 e. The van der Waals surface area contributed by atoms with Crippen molar-refractivity contribution in [3.05, 3.63) is 16.3 Å². The molecule has 0 radical (unpaired) electrons. The predicted octanol–water partition coefficient (Wildman–Crippen LogP) is 2.57. The summed E-state index contributed by atoms with van der Waals surface area (Å²) in [7, 11) is 4.05. The molecule has 114 valence electrons. The lowest BCUT2D eigenvalue weighted by molar-refractivity contribution is 0.155. The Morgan fingerprint density at radius 3 is 2.86 bits per heavy atom. The highest BCUT2D eigenvalue weighted by Gasteiger charge is 2.22. The molecule has 1 fully saturated rings. The van der Waals surface area contributed by atoms with Gasteiger partial charge in [0.15, 0.2) is 0 Å². The maximum atomic E-state index is 5.46. The Labute approximate surface area is 129 Å². The highest BCUT2D eigenvalue weighted by atomic mass is 32.1. The maximum absolute atomic E-state index is 5.46. The van der Waals surface area contributed by atoms with Crippen LogP contribution in [0.5, 0.6) is 0 Å². The number of rotatable bonds is 4. The highest BCUT2D eigenvalue weighted by molar-refractivity contribution is 7.18. The van der Waals surface area contributed by atoms with Gasteiger partial charge in [0.25, 0.3) is 0 Å². The summed E-state index contributed by atoms with van der Waals surface area (Å²) in [6.45, 7) is 6.71. The monoisotopic (exact) mass is 306 g/mol. The van der Waals surface area contributed by atoms with E-state index in [0.29, 0.717) is 6.04 Å². The number of aryl methyl sites for hydroxylation is 2. The van der Waals surface area contributed by atoms with E-state index in [4.69, 9.17) is 14.7 Å². The predicted molar refractivity (Wildman–Crippen MR) is 87.1 cm³/mol. The van der Waals surface area contributed by atoms with Crippen LogP contribution in [-0.4, -0.2) is 48.2 Å². The molecule has 21 heavy (non-hydrogen) atoms. The molecule has 2 aromatic rings. The van der Waals surface area contributed by atoms with E-state index in [1.54, 1.807) is 11.3 Å². The first kappa shape index (κ1) is 14.7. The van der Waals surface area contributed by atoms with Gasteiger partial charge in [-0.1, -0.05) is 0 Å². The number of nitrogens with one attached hydrogen (secondary N) is 1. The Hall–Kier alpha value is -1.24. The Morgan fingerprint density at radius 2 is 2.19 bits per heavy atom. The number of hydrogen-bond acceptors (Lipinski definition) is 6. The third-order valence-electron chi connectivity index (χ3n) is 4.23. The Morgan fingerprint density at radius 1 is 1.38 bits per heavy atom. The summed E-state index contributed by atoms with van der Waals surface area (Å²) in [6, 6.07) is 0.481. The van der Waals surface area contributed by atoms with E-state index in [9.17, 15) is 0 Å². The first-order valence-corrected chi connectivity index (χ1v) is 8.14. The molecule has 3 heterocycles. The van der Waals surface area contributed by atoms with Gasteiger partial charge in [0.2, 0.25) is 0 Å². The summed E-state index contributed by atoms with van der Waals surface area (Å²) in [5, 5.41) is 4.38. The van der Waals surface area contributed by atoms with Gasteiger partial charge < -0.3 is 10.1 Å². The molecule has 1 aliphatic heterocycles. The van der Waals surface area contributed by atoms with Gasteiger partial charge in [-0.25, -0.2) is 9.97 Å². The summed E-state index contributed by atoms with van der Waals surface area (Å²) in [5.41, 5.74) is 1.28. The summed E-state index contributed by atoms with van der Waals surface area (Å²) in [4.78, 5) is 14.2. The van der Waals surface area contributed by atoms with Gasteiger partial charge in [-0.05, 0) is 32.9 Å². The van der Waals surface area contributed by atoms with E-state index in [2.05, 4.69) is 31.1 Å². The summed E-state index contributed by atoms with van der Waals surface area (Å²) in [6.07, 6.45) is 1.09. The zero-order chi connectivity index (χ0) is 15.0. The molecule has 1 N–H and O–H groups in total. The molecule has 1 unspecified atom stereocenters. The molecule has 1 saturated heterocycles. The lowest BCUT2D eigenvalue weighted by atomic mass is 10.2. The summed E-state index contributed by atoms with van der Waals surface area (Å²) < 4.78 is 5.46. The zero-order valence-electron chi connectivity index (χ0n) is 13.1. The maximum Gasteiger partial charge on any atom is 0.146 e. The van der Waals surface area contributed by atoms with E-state index in [1.165, 1.54) is 10.4 Å². The minimum atomic E-state index is 0.481. The van der Waals surface area contributed by atoms with Crippen LogP contribution in [0.3, 0.4) is 0 Å². The van der Waals surface area contributed by atoms with Crippen molar-refractivity contribution in [2.24, 2.45) is 0 Å². The third-order valence-corrected chi connectivity index (χ3v) is 5.33. The van der Waals surface area contributed by atoms with Crippen LogP contribution < -0.4 is 5.32 Å². The Balaban J connectivity index is 1.92. The molecule has 0 spiro atoms. The molecule has 0 aromatic carbocycles. The molecule has 0 saturated carbocycles. The van der Waals surface area contributed by atoms with Crippen molar-refractivity contribution in [3.63, 3.8) is 0 Å². The van der Waals surface area contributed by atoms with Crippen molar-refractivity contribution in [2.45, 2.75) is 32.9 Å². The number of likely N-dealkylation sites (N-methyl/N-ethyl adjacent to an activating group) is 1. The van der Waals surface area contributed by atoms with Crippen molar-refractivity contribution in [1.82, 2.24) is 14.9 Å². The van der Waals surface area contributed by atoms with Gasteiger partial charge in [-0.2, -0.15) is 0 Å². The molecule has 6 heteroatoms. The number of nitrogens with zero attached hydrogens (tertiary/aromatic N) is 3. The molecule has 5 nitrogen and oxygen atoms in total. The van der Waals surface area contributed by atoms with Crippen molar-refractivity contribution in [1.29, 1.82) is 0 Å². The van der Waals surface area contributed by atoms with Crippen LogP contribution in [0.15, 0.2) is 0 Å². The van der Waals surface area contributed by atoms with Gasteiger partial charge in [0.05, 0.1) is 18.5 Å². The second-order valence-corrected chi connectivity index (χ2v) is 6.84. The second kappa shape index (κ2) is 5.87. The first-order valence-electron chi connectivity index (χ1n) is 7.32. The van der Waals surface area contributed by atoms with Gasteiger partial charge in [0.1, 0.15) is 16.5 Å². The van der Waals surface area contributed by atoms with Crippen LogP contribution in [0.1, 0.15) is 22.7 Å². The molecule has 1 aliphatic rings.